The van der Waals surface area contributed by atoms with Crippen molar-refractivity contribution in [2.45, 2.75) is 30.5 Å². The Morgan fingerprint density at radius 1 is 1.26 bits per heavy atom. The molecule has 0 saturated carbocycles. The fraction of sp³-hybridized carbons (Fsp3) is 0.500. The molecule has 0 unspecified atom stereocenters. The predicted molar refractivity (Wildman–Crippen MR) is 80.7 cm³/mol. The average molecular weight is 345 g/mol. The maximum Gasteiger partial charge on any atom is 0.244 e. The van der Waals surface area contributed by atoms with Gasteiger partial charge in [0, 0.05) is 24.2 Å². The zero-order valence-electron chi connectivity index (χ0n) is 10.8. The third-order valence-electron chi connectivity index (χ3n) is 2.80. The molecule has 0 aliphatic carbocycles. The van der Waals surface area contributed by atoms with Gasteiger partial charge in [0.1, 0.15) is 4.90 Å². The van der Waals surface area contributed by atoms with Crippen molar-refractivity contribution in [3.05, 3.63) is 27.7 Å². The lowest BCUT2D eigenvalue weighted by Gasteiger charge is -2.18. The summed E-state index contributed by atoms with van der Waals surface area (Å²) in [7, 11) is -2.07. The molecule has 0 aromatic heterocycles. The highest BCUT2D eigenvalue weighted by atomic mass is 35.5. The van der Waals surface area contributed by atoms with Crippen LogP contribution in [0.2, 0.25) is 10.0 Å². The minimum Gasteiger partial charge on any atom is -0.207 e. The number of unbranched alkanes of at least 4 members (excludes halogenated alkanes) is 1. The van der Waals surface area contributed by atoms with Crippen LogP contribution in [-0.2, 0) is 15.9 Å². The number of hydrogen-bond acceptors (Lipinski definition) is 2. The lowest BCUT2D eigenvalue weighted by atomic mass is 10.2. The molecule has 19 heavy (non-hydrogen) atoms. The number of hydrogen-bond donors (Lipinski definition) is 0. The Labute approximate surface area is 129 Å². The number of sulfonamides is 1. The first-order valence-corrected chi connectivity index (χ1v) is 8.58. The van der Waals surface area contributed by atoms with Gasteiger partial charge in [-0.1, -0.05) is 36.5 Å². The van der Waals surface area contributed by atoms with Gasteiger partial charge in [-0.05, 0) is 18.6 Å². The second kappa shape index (κ2) is 7.14. The lowest BCUT2D eigenvalue weighted by molar-refractivity contribution is 0.459. The molecule has 0 atom stereocenters. The summed E-state index contributed by atoms with van der Waals surface area (Å²) in [5, 5.41) is 0.473. The molecule has 0 aliphatic heterocycles. The Balaban J connectivity index is 3.22. The zero-order valence-corrected chi connectivity index (χ0v) is 13.9. The molecule has 108 valence electrons. The van der Waals surface area contributed by atoms with Gasteiger partial charge in [-0.25, -0.2) is 12.7 Å². The van der Waals surface area contributed by atoms with Gasteiger partial charge in [-0.2, -0.15) is 0 Å². The molecule has 0 spiro atoms. The number of halogens is 3. The monoisotopic (exact) mass is 343 g/mol. The fourth-order valence-electron chi connectivity index (χ4n) is 1.57. The summed E-state index contributed by atoms with van der Waals surface area (Å²) in [6.45, 7) is 2.45. The maximum atomic E-state index is 12.4. The molecule has 0 fully saturated rings. The molecule has 0 N–H and O–H groups in total. The van der Waals surface area contributed by atoms with Crippen LogP contribution < -0.4 is 0 Å². The minimum atomic E-state index is -3.61. The summed E-state index contributed by atoms with van der Waals surface area (Å²) in [4.78, 5) is 0.0489. The molecule has 0 heterocycles. The van der Waals surface area contributed by atoms with E-state index in [9.17, 15) is 8.42 Å². The quantitative estimate of drug-likeness (QED) is 0.727. The Bertz CT molecular complexity index is 546. The normalized spacial score (nSPS) is 12.1. The van der Waals surface area contributed by atoms with Crippen LogP contribution in [-0.4, -0.2) is 26.3 Å². The third-order valence-corrected chi connectivity index (χ3v) is 5.86. The first kappa shape index (κ1) is 17.1. The molecule has 0 amide bonds. The predicted octanol–water partition coefficient (Wildman–Crippen LogP) is 4.15. The number of nitrogens with zero attached hydrogens (tertiary/aromatic N) is 1. The molecule has 0 aliphatic rings. The summed E-state index contributed by atoms with van der Waals surface area (Å²) in [5.74, 6) is 0.0691. The maximum absolute atomic E-state index is 12.4. The van der Waals surface area contributed by atoms with Crippen LogP contribution in [0, 0.1) is 0 Å². The summed E-state index contributed by atoms with van der Waals surface area (Å²) in [6, 6.07) is 2.92. The Hall–Kier alpha value is -0.000000000000000167. The van der Waals surface area contributed by atoms with E-state index in [-0.39, 0.29) is 15.8 Å². The zero-order chi connectivity index (χ0) is 14.6. The fourth-order valence-corrected chi connectivity index (χ4v) is 4.07. The van der Waals surface area contributed by atoms with Gasteiger partial charge >= 0.3 is 0 Å². The van der Waals surface area contributed by atoms with Gasteiger partial charge in [0.25, 0.3) is 0 Å². The molecular weight excluding hydrogens is 329 g/mol. The summed E-state index contributed by atoms with van der Waals surface area (Å²) < 4.78 is 26.1. The minimum absolute atomic E-state index is 0.0489. The SMILES string of the molecule is CCCCN(C)S(=O)(=O)c1ccc(Cl)c(CCl)c1Cl. The van der Waals surface area contributed by atoms with Crippen molar-refractivity contribution in [2.24, 2.45) is 0 Å². The van der Waals surface area contributed by atoms with Gasteiger partial charge in [-0.3, -0.25) is 0 Å². The Morgan fingerprint density at radius 2 is 1.89 bits per heavy atom. The molecule has 1 rings (SSSR count). The summed E-state index contributed by atoms with van der Waals surface area (Å²) in [5.41, 5.74) is 0.440. The number of benzene rings is 1. The van der Waals surface area contributed by atoms with Crippen LogP contribution in [0.3, 0.4) is 0 Å². The Morgan fingerprint density at radius 3 is 2.42 bits per heavy atom. The number of alkyl halides is 1. The van der Waals surface area contributed by atoms with Gasteiger partial charge in [0.2, 0.25) is 10.0 Å². The van der Waals surface area contributed by atoms with Gasteiger partial charge in [0.05, 0.1) is 10.9 Å². The van der Waals surface area contributed by atoms with Crippen molar-refractivity contribution < 1.29 is 8.42 Å². The topological polar surface area (TPSA) is 37.4 Å². The van der Waals surface area contributed by atoms with Crippen molar-refractivity contribution >= 4 is 44.8 Å². The second-order valence-electron chi connectivity index (χ2n) is 4.15. The van der Waals surface area contributed by atoms with E-state index in [1.807, 2.05) is 6.92 Å². The smallest absolute Gasteiger partial charge is 0.207 e. The Kier molecular flexibility index (Phi) is 6.40. The highest BCUT2D eigenvalue weighted by Crippen LogP contribution is 2.33. The highest BCUT2D eigenvalue weighted by Gasteiger charge is 2.25. The van der Waals surface area contributed by atoms with E-state index < -0.39 is 10.0 Å². The van der Waals surface area contributed by atoms with Gasteiger partial charge < -0.3 is 0 Å². The molecule has 0 bridgehead atoms. The molecule has 1 aromatic rings. The largest absolute Gasteiger partial charge is 0.244 e. The average Bonchev–Trinajstić information content (AvgIpc) is 2.36. The highest BCUT2D eigenvalue weighted by molar-refractivity contribution is 7.89. The van der Waals surface area contributed by atoms with E-state index in [2.05, 4.69) is 0 Å². The van der Waals surface area contributed by atoms with E-state index in [0.717, 1.165) is 12.8 Å². The summed E-state index contributed by atoms with van der Waals surface area (Å²) >= 11 is 17.8. The van der Waals surface area contributed by atoms with Crippen molar-refractivity contribution in [3.63, 3.8) is 0 Å². The standard InChI is InChI=1S/C12H16Cl3NO2S/c1-3-4-7-16(2)19(17,18)11-6-5-10(14)9(8-13)12(11)15/h5-6H,3-4,7-8H2,1-2H3. The van der Waals surface area contributed by atoms with Crippen LogP contribution in [0.1, 0.15) is 25.3 Å². The van der Waals surface area contributed by atoms with E-state index in [4.69, 9.17) is 34.8 Å². The molecular formula is C12H16Cl3NO2S. The lowest BCUT2D eigenvalue weighted by Crippen LogP contribution is -2.28. The van der Waals surface area contributed by atoms with E-state index >= 15 is 0 Å². The molecule has 1 aromatic carbocycles. The van der Waals surface area contributed by atoms with Crippen molar-refractivity contribution in [1.82, 2.24) is 4.31 Å². The van der Waals surface area contributed by atoms with Crippen LogP contribution in [0.15, 0.2) is 17.0 Å². The molecule has 7 heteroatoms. The summed E-state index contributed by atoms with van der Waals surface area (Å²) in [6.07, 6.45) is 1.71. The van der Waals surface area contributed by atoms with Crippen molar-refractivity contribution in [2.75, 3.05) is 13.6 Å². The number of rotatable bonds is 6. The van der Waals surface area contributed by atoms with Crippen molar-refractivity contribution in [3.8, 4) is 0 Å². The van der Waals surface area contributed by atoms with E-state index in [0.29, 0.717) is 17.1 Å². The van der Waals surface area contributed by atoms with Crippen molar-refractivity contribution in [1.29, 1.82) is 0 Å². The van der Waals surface area contributed by atoms with Crippen LogP contribution in [0.5, 0.6) is 0 Å². The van der Waals surface area contributed by atoms with E-state index in [1.54, 1.807) is 0 Å². The van der Waals surface area contributed by atoms with Crippen LogP contribution in [0.4, 0.5) is 0 Å². The molecule has 0 radical (unpaired) electrons. The first-order chi connectivity index (χ1) is 8.86. The van der Waals surface area contributed by atoms with Crippen LogP contribution in [0.25, 0.3) is 0 Å². The van der Waals surface area contributed by atoms with Gasteiger partial charge in [0.15, 0.2) is 0 Å². The first-order valence-electron chi connectivity index (χ1n) is 5.85. The van der Waals surface area contributed by atoms with E-state index in [1.165, 1.54) is 23.5 Å². The third kappa shape index (κ3) is 3.76. The van der Waals surface area contributed by atoms with Crippen LogP contribution >= 0.6 is 34.8 Å². The van der Waals surface area contributed by atoms with Gasteiger partial charge in [-0.15, -0.1) is 11.6 Å². The molecule has 3 nitrogen and oxygen atoms in total. The molecule has 0 saturated heterocycles. The second-order valence-corrected chi connectivity index (χ2v) is 7.22.